The van der Waals surface area contributed by atoms with Crippen LogP contribution in [0.3, 0.4) is 0 Å². The minimum absolute atomic E-state index is 0.120. The number of aromatic amines is 2. The number of rotatable bonds is 2. The predicted octanol–water partition coefficient (Wildman–Crippen LogP) is 2.35. The number of aromatic nitrogens is 3. The van der Waals surface area contributed by atoms with Gasteiger partial charge in [0.1, 0.15) is 5.82 Å². The number of nitrogens with zero attached hydrogens (tertiary/aromatic N) is 2. The van der Waals surface area contributed by atoms with E-state index in [9.17, 15) is 5.11 Å². The number of hydrogen-bond acceptors (Lipinski definition) is 3. The van der Waals surface area contributed by atoms with Crippen LogP contribution in [0.5, 0.6) is 5.88 Å². The fraction of sp³-hybridized carbons (Fsp3) is 0. The summed E-state index contributed by atoms with van der Waals surface area (Å²) in [5.41, 5.74) is 1.56. The van der Waals surface area contributed by atoms with E-state index >= 15 is 0 Å². The Hall–Kier alpha value is -2.56. The Balaban J connectivity index is 2.08. The molecule has 0 spiro atoms. The van der Waals surface area contributed by atoms with Gasteiger partial charge < -0.3 is 10.1 Å². The molecule has 5 nitrogen and oxygen atoms in total. The average Bonchev–Trinajstić information content (AvgIpc) is 2.93. The Labute approximate surface area is 96.8 Å². The third-order valence-electron chi connectivity index (χ3n) is 2.54. The Kier molecular flexibility index (Phi) is 2.15. The lowest BCUT2D eigenvalue weighted by molar-refractivity contribution is 0.457. The predicted molar refractivity (Wildman–Crippen MR) is 65.8 cm³/mol. The van der Waals surface area contributed by atoms with Gasteiger partial charge in [0.15, 0.2) is 5.88 Å². The molecule has 0 fully saturated rings. The van der Waals surface area contributed by atoms with Gasteiger partial charge in [-0.1, -0.05) is 18.2 Å². The molecule has 0 amide bonds. The SMILES string of the molecule is Oc1[nH]c2ccccc2c1/C=N/c1ccn[nH]1. The minimum atomic E-state index is 0.120. The van der Waals surface area contributed by atoms with Gasteiger partial charge in [0.25, 0.3) is 0 Å². The molecule has 0 aliphatic rings. The molecule has 3 aromatic rings. The van der Waals surface area contributed by atoms with E-state index in [1.54, 1.807) is 18.5 Å². The molecular weight excluding hydrogens is 216 g/mol. The molecule has 0 aliphatic carbocycles. The highest BCUT2D eigenvalue weighted by atomic mass is 16.3. The van der Waals surface area contributed by atoms with Gasteiger partial charge in [-0.05, 0) is 6.07 Å². The van der Waals surface area contributed by atoms with Crippen LogP contribution in [0.15, 0.2) is 41.5 Å². The van der Waals surface area contributed by atoms with Gasteiger partial charge in [-0.3, -0.25) is 5.10 Å². The fourth-order valence-corrected chi connectivity index (χ4v) is 1.73. The van der Waals surface area contributed by atoms with Crippen LogP contribution in [0.4, 0.5) is 5.82 Å². The van der Waals surface area contributed by atoms with Gasteiger partial charge in [-0.25, -0.2) is 4.99 Å². The van der Waals surface area contributed by atoms with E-state index in [0.29, 0.717) is 11.4 Å². The summed E-state index contributed by atoms with van der Waals surface area (Å²) in [5, 5.41) is 17.3. The number of fused-ring (bicyclic) bond motifs is 1. The number of aliphatic imine (C=N–C) groups is 1. The van der Waals surface area contributed by atoms with E-state index in [1.165, 1.54) is 0 Å². The summed E-state index contributed by atoms with van der Waals surface area (Å²) in [5.74, 6) is 0.768. The van der Waals surface area contributed by atoms with E-state index in [-0.39, 0.29) is 5.88 Å². The van der Waals surface area contributed by atoms with Crippen LogP contribution in [-0.4, -0.2) is 26.5 Å². The Morgan fingerprint density at radius 2 is 2.12 bits per heavy atom. The Morgan fingerprint density at radius 1 is 1.24 bits per heavy atom. The molecule has 17 heavy (non-hydrogen) atoms. The molecule has 0 radical (unpaired) electrons. The maximum atomic E-state index is 9.79. The molecule has 0 atom stereocenters. The standard InChI is InChI=1S/C12H10N4O/c17-12-9(7-13-11-5-6-14-16-11)8-3-1-2-4-10(8)15-12/h1-7,15,17H,(H,14,16)/b13-7+. The van der Waals surface area contributed by atoms with Crippen LogP contribution in [0.2, 0.25) is 0 Å². The summed E-state index contributed by atoms with van der Waals surface area (Å²) in [6, 6.07) is 9.42. The molecule has 0 unspecified atom stereocenters. The first-order valence-electron chi connectivity index (χ1n) is 5.18. The first-order valence-corrected chi connectivity index (χ1v) is 5.18. The first-order chi connectivity index (χ1) is 8.34. The van der Waals surface area contributed by atoms with Crippen molar-refractivity contribution >= 4 is 22.9 Å². The first kappa shape index (κ1) is 9.65. The second-order valence-corrected chi connectivity index (χ2v) is 3.63. The van der Waals surface area contributed by atoms with Crippen molar-refractivity contribution in [3.8, 4) is 5.88 Å². The monoisotopic (exact) mass is 226 g/mol. The van der Waals surface area contributed by atoms with Gasteiger partial charge >= 0.3 is 0 Å². The third kappa shape index (κ3) is 1.67. The summed E-state index contributed by atoms with van der Waals surface area (Å²) in [7, 11) is 0. The van der Waals surface area contributed by atoms with Crippen LogP contribution in [0, 0.1) is 0 Å². The van der Waals surface area contributed by atoms with Crippen molar-refractivity contribution in [2.75, 3.05) is 0 Å². The zero-order valence-electron chi connectivity index (χ0n) is 8.88. The maximum Gasteiger partial charge on any atom is 0.198 e. The second-order valence-electron chi connectivity index (χ2n) is 3.63. The van der Waals surface area contributed by atoms with Gasteiger partial charge in [-0.15, -0.1) is 0 Å². The van der Waals surface area contributed by atoms with Crippen molar-refractivity contribution in [3.05, 3.63) is 42.1 Å². The summed E-state index contributed by atoms with van der Waals surface area (Å²) in [4.78, 5) is 7.09. The zero-order valence-corrected chi connectivity index (χ0v) is 8.88. The highest BCUT2D eigenvalue weighted by Gasteiger charge is 2.07. The van der Waals surface area contributed by atoms with Gasteiger partial charge in [0.05, 0.1) is 11.8 Å². The number of aromatic hydroxyl groups is 1. The molecule has 2 aromatic heterocycles. The van der Waals surface area contributed by atoms with Gasteiger partial charge in [0.2, 0.25) is 0 Å². The normalized spacial score (nSPS) is 11.5. The average molecular weight is 226 g/mol. The van der Waals surface area contributed by atoms with Crippen molar-refractivity contribution in [2.24, 2.45) is 4.99 Å². The lowest BCUT2D eigenvalue weighted by Crippen LogP contribution is -1.78. The molecule has 3 rings (SSSR count). The Bertz CT molecular complexity index is 667. The lowest BCUT2D eigenvalue weighted by Gasteiger charge is -1.90. The highest BCUT2D eigenvalue weighted by molar-refractivity contribution is 6.02. The summed E-state index contributed by atoms with van der Waals surface area (Å²) < 4.78 is 0. The molecule has 0 aliphatic heterocycles. The largest absolute Gasteiger partial charge is 0.494 e. The zero-order chi connectivity index (χ0) is 11.7. The number of hydrogen-bond donors (Lipinski definition) is 3. The minimum Gasteiger partial charge on any atom is -0.494 e. The van der Waals surface area contributed by atoms with E-state index < -0.39 is 0 Å². The van der Waals surface area contributed by atoms with E-state index in [1.807, 2.05) is 24.3 Å². The molecule has 0 bridgehead atoms. The van der Waals surface area contributed by atoms with Crippen LogP contribution in [-0.2, 0) is 0 Å². The molecular formula is C12H10N4O. The molecule has 5 heteroatoms. The molecule has 84 valence electrons. The van der Waals surface area contributed by atoms with Crippen LogP contribution >= 0.6 is 0 Å². The summed E-state index contributed by atoms with van der Waals surface area (Å²) >= 11 is 0. The smallest absolute Gasteiger partial charge is 0.198 e. The lowest BCUT2D eigenvalue weighted by atomic mass is 10.2. The molecule has 0 saturated heterocycles. The van der Waals surface area contributed by atoms with Crippen LogP contribution in [0.1, 0.15) is 5.56 Å². The Morgan fingerprint density at radius 3 is 2.94 bits per heavy atom. The molecule has 3 N–H and O–H groups in total. The van der Waals surface area contributed by atoms with E-state index in [2.05, 4.69) is 20.2 Å². The van der Waals surface area contributed by atoms with Crippen molar-refractivity contribution < 1.29 is 5.11 Å². The van der Waals surface area contributed by atoms with Crippen molar-refractivity contribution in [1.29, 1.82) is 0 Å². The molecule has 1 aromatic carbocycles. The fourth-order valence-electron chi connectivity index (χ4n) is 1.73. The number of H-pyrrole nitrogens is 2. The number of para-hydroxylation sites is 1. The van der Waals surface area contributed by atoms with E-state index in [4.69, 9.17) is 0 Å². The van der Waals surface area contributed by atoms with Crippen molar-refractivity contribution in [1.82, 2.24) is 15.2 Å². The number of benzene rings is 1. The number of nitrogens with one attached hydrogen (secondary N) is 2. The quantitative estimate of drug-likeness (QED) is 0.586. The topological polar surface area (TPSA) is 77.1 Å². The highest BCUT2D eigenvalue weighted by Crippen LogP contribution is 2.25. The van der Waals surface area contributed by atoms with Crippen molar-refractivity contribution in [3.63, 3.8) is 0 Å². The molecule has 2 heterocycles. The van der Waals surface area contributed by atoms with Crippen LogP contribution in [0.25, 0.3) is 10.9 Å². The summed E-state index contributed by atoms with van der Waals surface area (Å²) in [6.07, 6.45) is 3.24. The third-order valence-corrected chi connectivity index (χ3v) is 2.54. The maximum absolute atomic E-state index is 9.79. The van der Waals surface area contributed by atoms with Gasteiger partial charge in [0, 0.05) is 23.2 Å². The van der Waals surface area contributed by atoms with Crippen LogP contribution < -0.4 is 0 Å². The van der Waals surface area contributed by atoms with Gasteiger partial charge in [-0.2, -0.15) is 5.10 Å². The second kappa shape index (κ2) is 3.79. The van der Waals surface area contributed by atoms with Crippen molar-refractivity contribution in [2.45, 2.75) is 0 Å². The molecule has 0 saturated carbocycles. The summed E-state index contributed by atoms with van der Waals surface area (Å²) in [6.45, 7) is 0. The van der Waals surface area contributed by atoms with E-state index in [0.717, 1.165) is 10.9 Å².